The number of nitrogens with zero attached hydrogens (tertiary/aromatic N) is 1. The first-order chi connectivity index (χ1) is 14.1. The van der Waals surface area contributed by atoms with Crippen molar-refractivity contribution in [3.63, 3.8) is 0 Å². The highest BCUT2D eigenvalue weighted by atomic mass is 32.2. The fraction of sp³-hybridized carbons (Fsp3) is 0.130. The Morgan fingerprint density at radius 2 is 1.79 bits per heavy atom. The van der Waals surface area contributed by atoms with Crippen molar-refractivity contribution in [1.29, 1.82) is 0 Å². The molecule has 0 radical (unpaired) electrons. The van der Waals surface area contributed by atoms with Crippen molar-refractivity contribution in [2.45, 2.75) is 13.5 Å². The molecule has 29 heavy (non-hydrogen) atoms. The molecule has 3 aromatic carbocycles. The van der Waals surface area contributed by atoms with Gasteiger partial charge in [-0.05, 0) is 47.2 Å². The number of imide groups is 1. The van der Waals surface area contributed by atoms with E-state index in [9.17, 15) is 14.7 Å². The lowest BCUT2D eigenvalue weighted by atomic mass is 10.0. The van der Waals surface area contributed by atoms with Crippen LogP contribution in [0.3, 0.4) is 0 Å². The molecule has 4 rings (SSSR count). The largest absolute Gasteiger partial charge is 0.504 e. The highest BCUT2D eigenvalue weighted by Gasteiger charge is 2.35. The average molecular weight is 405 g/mol. The SMILES string of the molecule is CCOc1cccc(/C=C2\SC(=O)N(Cc3cccc4ccccc34)C2=O)c1O. The molecule has 2 amide bonds. The zero-order valence-corrected chi connectivity index (χ0v) is 16.6. The van der Waals surface area contributed by atoms with Crippen molar-refractivity contribution in [3.05, 3.63) is 76.7 Å². The van der Waals surface area contributed by atoms with Crippen LogP contribution in [0.1, 0.15) is 18.1 Å². The van der Waals surface area contributed by atoms with E-state index in [4.69, 9.17) is 4.74 Å². The number of phenolic OH excluding ortho intramolecular Hbond substituents is 1. The van der Waals surface area contributed by atoms with Gasteiger partial charge in [0.05, 0.1) is 18.1 Å². The number of hydrogen-bond donors (Lipinski definition) is 1. The van der Waals surface area contributed by atoms with Gasteiger partial charge in [-0.1, -0.05) is 54.6 Å². The highest BCUT2D eigenvalue weighted by molar-refractivity contribution is 8.18. The van der Waals surface area contributed by atoms with Gasteiger partial charge in [-0.2, -0.15) is 0 Å². The minimum atomic E-state index is -0.367. The Bertz CT molecular complexity index is 1130. The third-order valence-corrected chi connectivity index (χ3v) is 5.61. The molecule has 1 fully saturated rings. The van der Waals surface area contributed by atoms with Crippen LogP contribution < -0.4 is 4.74 Å². The molecule has 0 bridgehead atoms. The molecule has 1 aliphatic heterocycles. The van der Waals surface area contributed by atoms with Gasteiger partial charge in [0.2, 0.25) is 0 Å². The zero-order chi connectivity index (χ0) is 20.4. The number of benzene rings is 3. The van der Waals surface area contributed by atoms with Crippen LogP contribution in [0, 0.1) is 0 Å². The van der Waals surface area contributed by atoms with E-state index in [0.29, 0.717) is 17.9 Å². The van der Waals surface area contributed by atoms with E-state index in [1.807, 2.05) is 49.4 Å². The lowest BCUT2D eigenvalue weighted by Crippen LogP contribution is -2.27. The van der Waals surface area contributed by atoms with Crippen molar-refractivity contribution >= 4 is 39.8 Å². The molecule has 3 aromatic rings. The Morgan fingerprint density at radius 3 is 2.62 bits per heavy atom. The second kappa shape index (κ2) is 8.01. The summed E-state index contributed by atoms with van der Waals surface area (Å²) in [6.07, 6.45) is 1.53. The van der Waals surface area contributed by atoms with Crippen LogP contribution in [0.25, 0.3) is 16.8 Å². The number of ether oxygens (including phenoxy) is 1. The molecule has 5 nitrogen and oxygen atoms in total. The summed E-state index contributed by atoms with van der Waals surface area (Å²) in [6, 6.07) is 18.8. The van der Waals surface area contributed by atoms with Crippen molar-refractivity contribution in [2.24, 2.45) is 0 Å². The van der Waals surface area contributed by atoms with Gasteiger partial charge in [0.25, 0.3) is 11.1 Å². The van der Waals surface area contributed by atoms with Gasteiger partial charge in [-0.25, -0.2) is 0 Å². The summed E-state index contributed by atoms with van der Waals surface area (Å²) in [7, 11) is 0. The Kier molecular flexibility index (Phi) is 5.27. The Hall–Kier alpha value is -3.25. The van der Waals surface area contributed by atoms with Gasteiger partial charge in [0.1, 0.15) is 0 Å². The molecular formula is C23H19NO4S. The monoisotopic (exact) mass is 405 g/mol. The maximum atomic E-state index is 12.9. The summed E-state index contributed by atoms with van der Waals surface area (Å²) < 4.78 is 5.38. The molecule has 0 atom stereocenters. The van der Waals surface area contributed by atoms with Crippen LogP contribution in [0.2, 0.25) is 0 Å². The normalized spacial score (nSPS) is 15.5. The van der Waals surface area contributed by atoms with Gasteiger partial charge < -0.3 is 9.84 Å². The summed E-state index contributed by atoms with van der Waals surface area (Å²) in [5.74, 6) is -0.0689. The van der Waals surface area contributed by atoms with Crippen molar-refractivity contribution < 1.29 is 19.4 Å². The summed E-state index contributed by atoms with van der Waals surface area (Å²) >= 11 is 0.876. The van der Waals surface area contributed by atoms with E-state index in [-0.39, 0.29) is 28.3 Å². The third kappa shape index (κ3) is 3.71. The van der Waals surface area contributed by atoms with E-state index in [1.165, 1.54) is 11.0 Å². The van der Waals surface area contributed by atoms with Gasteiger partial charge in [0.15, 0.2) is 11.5 Å². The number of rotatable bonds is 5. The van der Waals surface area contributed by atoms with Crippen molar-refractivity contribution in [2.75, 3.05) is 6.61 Å². The number of aromatic hydroxyl groups is 1. The topological polar surface area (TPSA) is 66.8 Å². The Balaban J connectivity index is 1.63. The average Bonchev–Trinajstić information content (AvgIpc) is 2.99. The maximum Gasteiger partial charge on any atom is 0.293 e. The fourth-order valence-corrected chi connectivity index (χ4v) is 4.14. The first-order valence-corrected chi connectivity index (χ1v) is 10.1. The number of hydrogen-bond acceptors (Lipinski definition) is 5. The van der Waals surface area contributed by atoms with E-state index in [0.717, 1.165) is 28.1 Å². The number of para-hydroxylation sites is 1. The lowest BCUT2D eigenvalue weighted by Gasteiger charge is -2.14. The molecule has 0 spiro atoms. The summed E-state index contributed by atoms with van der Waals surface area (Å²) in [5, 5.41) is 12.1. The second-order valence-corrected chi connectivity index (χ2v) is 7.53. The van der Waals surface area contributed by atoms with E-state index in [2.05, 4.69) is 0 Å². The van der Waals surface area contributed by atoms with E-state index >= 15 is 0 Å². The highest BCUT2D eigenvalue weighted by Crippen LogP contribution is 2.37. The van der Waals surface area contributed by atoms with Crippen LogP contribution in [-0.4, -0.2) is 27.8 Å². The van der Waals surface area contributed by atoms with Crippen LogP contribution in [0.15, 0.2) is 65.6 Å². The summed E-state index contributed by atoms with van der Waals surface area (Å²) in [5.41, 5.74) is 1.35. The van der Waals surface area contributed by atoms with Gasteiger partial charge >= 0.3 is 0 Å². The maximum absolute atomic E-state index is 12.9. The fourth-order valence-electron chi connectivity index (χ4n) is 3.31. The molecular weight excluding hydrogens is 386 g/mol. The summed E-state index contributed by atoms with van der Waals surface area (Å²) in [6.45, 7) is 2.44. The molecule has 0 aliphatic carbocycles. The van der Waals surface area contributed by atoms with Crippen molar-refractivity contribution in [3.8, 4) is 11.5 Å². The Morgan fingerprint density at radius 1 is 1.03 bits per heavy atom. The molecule has 0 unspecified atom stereocenters. The number of carbonyl (C=O) groups is 2. The minimum absolute atomic E-state index is 0.0461. The molecule has 1 heterocycles. The molecule has 146 valence electrons. The molecule has 0 saturated carbocycles. The first-order valence-electron chi connectivity index (χ1n) is 9.25. The van der Waals surface area contributed by atoms with Crippen LogP contribution in [-0.2, 0) is 11.3 Å². The minimum Gasteiger partial charge on any atom is -0.504 e. The Labute approximate surface area is 172 Å². The number of thioether (sulfide) groups is 1. The molecule has 1 N–H and O–H groups in total. The number of phenols is 1. The van der Waals surface area contributed by atoms with E-state index < -0.39 is 0 Å². The zero-order valence-electron chi connectivity index (χ0n) is 15.8. The van der Waals surface area contributed by atoms with Gasteiger partial charge in [-0.3, -0.25) is 14.5 Å². The summed E-state index contributed by atoms with van der Waals surface area (Å²) in [4.78, 5) is 26.9. The first kappa shape index (κ1) is 19.1. The van der Waals surface area contributed by atoms with E-state index in [1.54, 1.807) is 18.2 Å². The number of amides is 2. The standard InChI is InChI=1S/C23H19NO4S/c1-2-28-19-12-6-9-16(21(19)25)13-20-22(26)24(23(27)29-20)14-17-10-5-8-15-7-3-4-11-18(15)17/h3-13,25H,2,14H2,1H3/b20-13-. The molecule has 0 aromatic heterocycles. The van der Waals surface area contributed by atoms with Gasteiger partial charge in [0, 0.05) is 5.56 Å². The predicted molar refractivity (Wildman–Crippen MR) is 115 cm³/mol. The molecule has 1 aliphatic rings. The molecule has 6 heteroatoms. The number of carbonyl (C=O) groups excluding carboxylic acids is 2. The predicted octanol–water partition coefficient (Wildman–Crippen LogP) is 5.18. The van der Waals surface area contributed by atoms with Crippen LogP contribution in [0.5, 0.6) is 11.5 Å². The number of fused-ring (bicyclic) bond motifs is 1. The van der Waals surface area contributed by atoms with Crippen LogP contribution >= 0.6 is 11.8 Å². The molecule has 1 saturated heterocycles. The second-order valence-electron chi connectivity index (χ2n) is 6.53. The van der Waals surface area contributed by atoms with Crippen LogP contribution in [0.4, 0.5) is 4.79 Å². The quantitative estimate of drug-likeness (QED) is 0.593. The third-order valence-electron chi connectivity index (χ3n) is 4.70. The van der Waals surface area contributed by atoms with Gasteiger partial charge in [-0.15, -0.1) is 0 Å². The smallest absolute Gasteiger partial charge is 0.293 e. The van der Waals surface area contributed by atoms with Crippen molar-refractivity contribution in [1.82, 2.24) is 4.90 Å². The lowest BCUT2D eigenvalue weighted by molar-refractivity contribution is -0.123.